The van der Waals surface area contributed by atoms with Crippen molar-refractivity contribution >= 4 is 17.1 Å². The molecule has 0 radical (unpaired) electrons. The van der Waals surface area contributed by atoms with Gasteiger partial charge in [0.15, 0.2) is 0 Å². The topological polar surface area (TPSA) is 3.24 Å². The molecule has 0 saturated carbocycles. The molecular formula is C18H14FN. The van der Waals surface area contributed by atoms with E-state index < -0.39 is 0 Å². The summed E-state index contributed by atoms with van der Waals surface area (Å²) >= 11 is 0. The van der Waals surface area contributed by atoms with Crippen molar-refractivity contribution in [1.82, 2.24) is 0 Å². The molecule has 0 unspecified atom stereocenters. The van der Waals surface area contributed by atoms with Gasteiger partial charge in [0.05, 0.1) is 5.69 Å². The van der Waals surface area contributed by atoms with Gasteiger partial charge in [0, 0.05) is 11.4 Å². The van der Waals surface area contributed by atoms with E-state index in [0.29, 0.717) is 5.69 Å². The Bertz CT molecular complexity index is 641. The zero-order chi connectivity index (χ0) is 13.8. The highest BCUT2D eigenvalue weighted by Crippen LogP contribution is 2.35. The van der Waals surface area contributed by atoms with Gasteiger partial charge in [-0.3, -0.25) is 0 Å². The molecule has 20 heavy (non-hydrogen) atoms. The molecule has 0 fully saturated rings. The smallest absolute Gasteiger partial charge is 0.147 e. The highest BCUT2D eigenvalue weighted by molar-refractivity contribution is 5.76. The average Bonchev–Trinajstić information content (AvgIpc) is 2.52. The standard InChI is InChI=1S/C18H14FN/c19-17-13-7-8-14-18(17)20(15-9-3-1-4-10-15)16-11-5-2-6-12-16/h1-14H. The molecule has 3 aromatic carbocycles. The fraction of sp³-hybridized carbons (Fsp3) is 0. The van der Waals surface area contributed by atoms with Gasteiger partial charge in [-0.25, -0.2) is 4.39 Å². The van der Waals surface area contributed by atoms with Crippen molar-refractivity contribution in [3.63, 3.8) is 0 Å². The first-order valence-electron chi connectivity index (χ1n) is 6.51. The maximum atomic E-state index is 14.2. The number of benzene rings is 3. The van der Waals surface area contributed by atoms with Crippen LogP contribution in [-0.4, -0.2) is 0 Å². The molecule has 98 valence electrons. The van der Waals surface area contributed by atoms with E-state index in [2.05, 4.69) is 0 Å². The molecule has 0 amide bonds. The van der Waals surface area contributed by atoms with Crippen LogP contribution in [0, 0.1) is 5.82 Å². The number of hydrogen-bond donors (Lipinski definition) is 0. The van der Waals surface area contributed by atoms with Crippen molar-refractivity contribution in [1.29, 1.82) is 0 Å². The number of nitrogens with zero attached hydrogens (tertiary/aromatic N) is 1. The van der Waals surface area contributed by atoms with Crippen LogP contribution < -0.4 is 4.90 Å². The van der Waals surface area contributed by atoms with Crippen LogP contribution in [0.4, 0.5) is 21.5 Å². The number of anilines is 3. The molecule has 0 aliphatic rings. The minimum absolute atomic E-state index is 0.236. The molecule has 0 spiro atoms. The van der Waals surface area contributed by atoms with Gasteiger partial charge in [-0.05, 0) is 36.4 Å². The lowest BCUT2D eigenvalue weighted by Crippen LogP contribution is -2.11. The third-order valence-corrected chi connectivity index (χ3v) is 3.12. The predicted molar refractivity (Wildman–Crippen MR) is 81.1 cm³/mol. The van der Waals surface area contributed by atoms with Crippen LogP contribution in [-0.2, 0) is 0 Å². The van der Waals surface area contributed by atoms with Crippen molar-refractivity contribution < 1.29 is 4.39 Å². The van der Waals surface area contributed by atoms with E-state index in [1.165, 1.54) is 6.07 Å². The van der Waals surface area contributed by atoms with Crippen molar-refractivity contribution in [2.45, 2.75) is 0 Å². The first kappa shape index (κ1) is 12.4. The van der Waals surface area contributed by atoms with E-state index in [1.54, 1.807) is 12.1 Å². The maximum absolute atomic E-state index is 14.2. The summed E-state index contributed by atoms with van der Waals surface area (Å²) in [4.78, 5) is 1.91. The summed E-state index contributed by atoms with van der Waals surface area (Å²) in [6.07, 6.45) is 0. The normalized spacial score (nSPS) is 10.2. The van der Waals surface area contributed by atoms with Gasteiger partial charge in [0.25, 0.3) is 0 Å². The summed E-state index contributed by atoms with van der Waals surface area (Å²) in [6.45, 7) is 0. The zero-order valence-corrected chi connectivity index (χ0v) is 10.9. The van der Waals surface area contributed by atoms with Crippen LogP contribution in [0.5, 0.6) is 0 Å². The van der Waals surface area contributed by atoms with E-state index in [9.17, 15) is 4.39 Å². The minimum Gasteiger partial charge on any atom is -0.308 e. The molecule has 0 aliphatic heterocycles. The molecule has 0 aromatic heterocycles. The van der Waals surface area contributed by atoms with Crippen LogP contribution in [0.3, 0.4) is 0 Å². The Balaban J connectivity index is 2.17. The van der Waals surface area contributed by atoms with Gasteiger partial charge in [-0.2, -0.15) is 0 Å². The second-order valence-electron chi connectivity index (χ2n) is 4.46. The van der Waals surface area contributed by atoms with E-state index in [0.717, 1.165) is 11.4 Å². The molecule has 0 heterocycles. The second-order valence-corrected chi connectivity index (χ2v) is 4.46. The summed E-state index contributed by atoms with van der Waals surface area (Å²) < 4.78 is 14.2. The fourth-order valence-electron chi connectivity index (χ4n) is 2.21. The van der Waals surface area contributed by atoms with Crippen LogP contribution in [0.2, 0.25) is 0 Å². The predicted octanol–water partition coefficient (Wildman–Crippen LogP) is 5.30. The van der Waals surface area contributed by atoms with E-state index >= 15 is 0 Å². The van der Waals surface area contributed by atoms with Crippen LogP contribution in [0.15, 0.2) is 84.9 Å². The number of rotatable bonds is 3. The molecule has 0 atom stereocenters. The molecule has 2 heteroatoms. The molecule has 0 bridgehead atoms. The van der Waals surface area contributed by atoms with Gasteiger partial charge >= 0.3 is 0 Å². The SMILES string of the molecule is Fc1ccccc1N(c1ccccc1)c1ccccc1. The van der Waals surface area contributed by atoms with Gasteiger partial charge in [0.2, 0.25) is 0 Å². The summed E-state index contributed by atoms with van der Waals surface area (Å²) in [5.74, 6) is -0.236. The van der Waals surface area contributed by atoms with Gasteiger partial charge in [-0.1, -0.05) is 48.5 Å². The monoisotopic (exact) mass is 263 g/mol. The minimum atomic E-state index is -0.236. The van der Waals surface area contributed by atoms with Crippen LogP contribution >= 0.6 is 0 Å². The maximum Gasteiger partial charge on any atom is 0.147 e. The van der Waals surface area contributed by atoms with Crippen molar-refractivity contribution in [3.05, 3.63) is 90.7 Å². The number of hydrogen-bond acceptors (Lipinski definition) is 1. The van der Waals surface area contributed by atoms with Gasteiger partial charge in [-0.15, -0.1) is 0 Å². The summed E-state index contributed by atoms with van der Waals surface area (Å²) in [7, 11) is 0. The van der Waals surface area contributed by atoms with E-state index in [4.69, 9.17) is 0 Å². The second kappa shape index (κ2) is 5.57. The van der Waals surface area contributed by atoms with Crippen molar-refractivity contribution in [3.8, 4) is 0 Å². The van der Waals surface area contributed by atoms with Crippen LogP contribution in [0.25, 0.3) is 0 Å². The summed E-state index contributed by atoms with van der Waals surface area (Å²) in [5.41, 5.74) is 2.41. The largest absolute Gasteiger partial charge is 0.308 e. The Morgan fingerprint density at radius 1 is 0.550 bits per heavy atom. The zero-order valence-electron chi connectivity index (χ0n) is 10.9. The quantitative estimate of drug-likeness (QED) is 0.620. The molecule has 3 aromatic rings. The highest BCUT2D eigenvalue weighted by Gasteiger charge is 2.14. The highest BCUT2D eigenvalue weighted by atomic mass is 19.1. The lowest BCUT2D eigenvalue weighted by atomic mass is 10.2. The van der Waals surface area contributed by atoms with E-state index in [1.807, 2.05) is 71.6 Å². The lowest BCUT2D eigenvalue weighted by Gasteiger charge is -2.25. The molecular weight excluding hydrogens is 249 g/mol. The Morgan fingerprint density at radius 3 is 1.50 bits per heavy atom. The lowest BCUT2D eigenvalue weighted by molar-refractivity contribution is 0.629. The Labute approximate surface area is 117 Å². The Hall–Kier alpha value is -2.61. The number of para-hydroxylation sites is 3. The first-order valence-corrected chi connectivity index (χ1v) is 6.51. The Morgan fingerprint density at radius 2 is 1.00 bits per heavy atom. The molecule has 1 nitrogen and oxygen atoms in total. The average molecular weight is 263 g/mol. The molecule has 0 N–H and O–H groups in total. The summed E-state index contributed by atoms with van der Waals surface area (Å²) in [6, 6.07) is 26.4. The van der Waals surface area contributed by atoms with Gasteiger partial charge < -0.3 is 4.90 Å². The van der Waals surface area contributed by atoms with Crippen molar-refractivity contribution in [2.75, 3.05) is 4.90 Å². The molecule has 0 saturated heterocycles. The van der Waals surface area contributed by atoms with Gasteiger partial charge in [0.1, 0.15) is 5.82 Å². The first-order chi connectivity index (χ1) is 9.86. The molecule has 0 aliphatic carbocycles. The molecule has 3 rings (SSSR count). The summed E-state index contributed by atoms with van der Waals surface area (Å²) in [5, 5.41) is 0. The third kappa shape index (κ3) is 2.41. The third-order valence-electron chi connectivity index (χ3n) is 3.12. The van der Waals surface area contributed by atoms with E-state index in [-0.39, 0.29) is 5.82 Å². The fourth-order valence-corrected chi connectivity index (χ4v) is 2.21. The Kier molecular flexibility index (Phi) is 3.46. The number of halogens is 1. The van der Waals surface area contributed by atoms with Crippen molar-refractivity contribution in [2.24, 2.45) is 0 Å². The van der Waals surface area contributed by atoms with Crippen LogP contribution in [0.1, 0.15) is 0 Å².